The lowest BCUT2D eigenvalue weighted by Crippen LogP contribution is -2.53. The van der Waals surface area contributed by atoms with Crippen LogP contribution in [0.5, 0.6) is 0 Å². The van der Waals surface area contributed by atoms with Crippen LogP contribution >= 0.6 is 0 Å². The molecule has 0 radical (unpaired) electrons. The summed E-state index contributed by atoms with van der Waals surface area (Å²) in [6.45, 7) is 2.09. The molecule has 0 spiro atoms. The third kappa shape index (κ3) is 8.79. The molecule has 1 saturated heterocycles. The van der Waals surface area contributed by atoms with Crippen LogP contribution in [0.25, 0.3) is 10.9 Å². The lowest BCUT2D eigenvalue weighted by atomic mass is 9.98. The van der Waals surface area contributed by atoms with Gasteiger partial charge in [-0.3, -0.25) is 29.6 Å². The van der Waals surface area contributed by atoms with Crippen LogP contribution in [-0.4, -0.2) is 99.1 Å². The zero-order valence-corrected chi connectivity index (χ0v) is 25.8. The molecule has 2 atom stereocenters. The number of aromatic amines is 1. The van der Waals surface area contributed by atoms with Crippen molar-refractivity contribution in [2.45, 2.75) is 57.0 Å². The summed E-state index contributed by atoms with van der Waals surface area (Å²) in [5, 5.41) is 17.3. The zero-order valence-electron chi connectivity index (χ0n) is 25.8. The molecule has 0 bridgehead atoms. The zero-order chi connectivity index (χ0) is 32.5. The standard InChI is InChI=1S/C32H42N10O4/c33-32(34)41-14-3-4-21(20-41)17-39-29(44)16-26(40-28(43)10-7-22-18-38-25-6-2-1-5-24(22)25)31(46)42(23-8-9-23)15-13-37-30(45)27-19-35-11-12-36-27/h1-2,5-6,11-12,18-19,21,23,26,38H,3-4,7-10,13-17,20H2,(H3,33,34)(H,37,45)(H,39,44)(H,40,43)/t21-,26-/m0/s1. The summed E-state index contributed by atoms with van der Waals surface area (Å²) in [6.07, 6.45) is 9.95. The quantitative estimate of drug-likeness (QED) is 0.111. The van der Waals surface area contributed by atoms with Crippen LogP contribution in [0, 0.1) is 11.3 Å². The van der Waals surface area contributed by atoms with Gasteiger partial charge < -0.3 is 36.5 Å². The highest BCUT2D eigenvalue weighted by Gasteiger charge is 2.37. The molecule has 14 nitrogen and oxygen atoms in total. The van der Waals surface area contributed by atoms with E-state index in [1.165, 1.54) is 18.6 Å². The van der Waals surface area contributed by atoms with E-state index in [4.69, 9.17) is 11.1 Å². The highest BCUT2D eigenvalue weighted by Crippen LogP contribution is 2.27. The number of aromatic nitrogens is 3. The van der Waals surface area contributed by atoms with Crippen molar-refractivity contribution in [1.29, 1.82) is 5.41 Å². The molecule has 2 fully saturated rings. The van der Waals surface area contributed by atoms with Crippen LogP contribution in [0.15, 0.2) is 49.1 Å². The molecule has 1 aromatic carbocycles. The first-order chi connectivity index (χ1) is 22.3. The van der Waals surface area contributed by atoms with Gasteiger partial charge in [-0.15, -0.1) is 0 Å². The molecule has 3 heterocycles. The second-order valence-corrected chi connectivity index (χ2v) is 11.9. The van der Waals surface area contributed by atoms with Crippen molar-refractivity contribution in [1.82, 2.24) is 40.7 Å². The number of carbonyl (C=O) groups excluding carboxylic acids is 4. The number of guanidine groups is 1. The van der Waals surface area contributed by atoms with Crippen LogP contribution in [0.3, 0.4) is 0 Å². The van der Waals surface area contributed by atoms with E-state index in [2.05, 4.69) is 30.9 Å². The number of hydrogen-bond acceptors (Lipinski definition) is 7. The summed E-state index contributed by atoms with van der Waals surface area (Å²) < 4.78 is 0. The van der Waals surface area contributed by atoms with Gasteiger partial charge in [0.05, 0.1) is 12.6 Å². The lowest BCUT2D eigenvalue weighted by molar-refractivity contribution is -0.139. The number of nitrogens with one attached hydrogen (secondary N) is 5. The molecule has 1 aliphatic carbocycles. The Morgan fingerprint density at radius 3 is 2.70 bits per heavy atom. The van der Waals surface area contributed by atoms with Gasteiger partial charge in [0.2, 0.25) is 17.7 Å². The number of hydrogen-bond donors (Lipinski definition) is 6. The SMILES string of the molecule is N=C(N)N1CCC[C@@H](CNC(=O)C[C@H](NC(=O)CCc2c[nH]c3ccccc23)C(=O)N(CCNC(=O)c2cnccn2)C2CC2)C1. The number of amides is 4. The van der Waals surface area contributed by atoms with E-state index in [0.29, 0.717) is 19.5 Å². The molecular weight excluding hydrogens is 588 g/mol. The fourth-order valence-electron chi connectivity index (χ4n) is 5.88. The monoisotopic (exact) mass is 630 g/mol. The van der Waals surface area contributed by atoms with Gasteiger partial charge >= 0.3 is 0 Å². The highest BCUT2D eigenvalue weighted by molar-refractivity contribution is 5.93. The number of H-pyrrole nitrogens is 1. The maximum atomic E-state index is 13.9. The molecule has 244 valence electrons. The lowest BCUT2D eigenvalue weighted by Gasteiger charge is -2.33. The number of piperidine rings is 1. The molecule has 0 unspecified atom stereocenters. The Labute approximate surface area is 267 Å². The van der Waals surface area contributed by atoms with Gasteiger partial charge in [-0.2, -0.15) is 0 Å². The molecular formula is C32H42N10O4. The molecule has 7 N–H and O–H groups in total. The van der Waals surface area contributed by atoms with E-state index in [0.717, 1.165) is 48.7 Å². The first-order valence-electron chi connectivity index (χ1n) is 15.8. The minimum Gasteiger partial charge on any atom is -0.370 e. The molecule has 14 heteroatoms. The number of nitrogens with zero attached hydrogens (tertiary/aromatic N) is 4. The Morgan fingerprint density at radius 2 is 1.93 bits per heavy atom. The number of benzene rings is 1. The molecule has 2 aliphatic rings. The predicted octanol–water partition coefficient (Wildman–Crippen LogP) is 0.908. The fourth-order valence-corrected chi connectivity index (χ4v) is 5.88. The van der Waals surface area contributed by atoms with E-state index in [-0.39, 0.29) is 67.3 Å². The van der Waals surface area contributed by atoms with Gasteiger partial charge in [-0.05, 0) is 49.7 Å². The van der Waals surface area contributed by atoms with Gasteiger partial charge in [0.15, 0.2) is 5.96 Å². The average Bonchev–Trinajstić information content (AvgIpc) is 3.83. The first kappa shape index (κ1) is 32.4. The number of carbonyl (C=O) groups is 4. The number of para-hydroxylation sites is 1. The molecule has 46 heavy (non-hydrogen) atoms. The van der Waals surface area contributed by atoms with Crippen molar-refractivity contribution in [3.05, 3.63) is 60.3 Å². The average molecular weight is 631 g/mol. The molecule has 1 saturated carbocycles. The number of aryl methyl sites for hydroxylation is 1. The Kier molecular flexibility index (Phi) is 10.8. The van der Waals surface area contributed by atoms with Crippen LogP contribution in [0.4, 0.5) is 0 Å². The molecule has 2 aromatic heterocycles. The second-order valence-electron chi connectivity index (χ2n) is 11.9. The highest BCUT2D eigenvalue weighted by atomic mass is 16.2. The van der Waals surface area contributed by atoms with Gasteiger partial charge in [-0.1, -0.05) is 18.2 Å². The van der Waals surface area contributed by atoms with Gasteiger partial charge in [0, 0.05) is 74.7 Å². The van der Waals surface area contributed by atoms with E-state index in [1.807, 2.05) is 30.5 Å². The van der Waals surface area contributed by atoms with E-state index < -0.39 is 11.9 Å². The fraction of sp³-hybridized carbons (Fsp3) is 0.469. The van der Waals surface area contributed by atoms with Gasteiger partial charge in [-0.25, -0.2) is 4.98 Å². The Morgan fingerprint density at radius 1 is 1.11 bits per heavy atom. The molecule has 4 amide bonds. The Hall–Kier alpha value is -5.01. The van der Waals surface area contributed by atoms with Crippen molar-refractivity contribution in [2.75, 3.05) is 32.7 Å². The number of fused-ring (bicyclic) bond motifs is 1. The Balaban J connectivity index is 1.21. The summed E-state index contributed by atoms with van der Waals surface area (Å²) in [4.78, 5) is 67.3. The van der Waals surface area contributed by atoms with Crippen molar-refractivity contribution in [3.8, 4) is 0 Å². The summed E-state index contributed by atoms with van der Waals surface area (Å²) in [5.41, 5.74) is 7.82. The van der Waals surface area contributed by atoms with Crippen LogP contribution in [-0.2, 0) is 20.8 Å². The molecule has 5 rings (SSSR count). The van der Waals surface area contributed by atoms with Crippen molar-refractivity contribution in [3.63, 3.8) is 0 Å². The van der Waals surface area contributed by atoms with Crippen molar-refractivity contribution < 1.29 is 19.2 Å². The summed E-state index contributed by atoms with van der Waals surface area (Å²) in [5.74, 6) is -1.28. The van der Waals surface area contributed by atoms with E-state index in [9.17, 15) is 19.2 Å². The maximum Gasteiger partial charge on any atom is 0.271 e. The number of nitrogens with two attached hydrogens (primary N) is 1. The third-order valence-electron chi connectivity index (χ3n) is 8.47. The maximum absolute atomic E-state index is 13.9. The van der Waals surface area contributed by atoms with E-state index in [1.54, 1.807) is 9.80 Å². The third-order valence-corrected chi connectivity index (χ3v) is 8.47. The molecule has 3 aromatic rings. The van der Waals surface area contributed by atoms with Gasteiger partial charge in [0.25, 0.3) is 5.91 Å². The molecule has 1 aliphatic heterocycles. The number of likely N-dealkylation sites (tertiary alicyclic amines) is 1. The largest absolute Gasteiger partial charge is 0.370 e. The first-order valence-corrected chi connectivity index (χ1v) is 15.8. The van der Waals surface area contributed by atoms with Crippen LogP contribution < -0.4 is 21.7 Å². The van der Waals surface area contributed by atoms with Crippen LogP contribution in [0.1, 0.15) is 54.6 Å². The summed E-state index contributed by atoms with van der Waals surface area (Å²) >= 11 is 0. The van der Waals surface area contributed by atoms with Gasteiger partial charge in [0.1, 0.15) is 11.7 Å². The normalized spacial score (nSPS) is 16.8. The predicted molar refractivity (Wildman–Crippen MR) is 171 cm³/mol. The van der Waals surface area contributed by atoms with Crippen molar-refractivity contribution >= 4 is 40.5 Å². The Bertz CT molecular complexity index is 1540. The second kappa shape index (κ2) is 15.3. The summed E-state index contributed by atoms with van der Waals surface area (Å²) in [7, 11) is 0. The van der Waals surface area contributed by atoms with E-state index >= 15 is 0 Å². The smallest absolute Gasteiger partial charge is 0.271 e. The minimum absolute atomic E-state index is 0.0186. The van der Waals surface area contributed by atoms with Crippen molar-refractivity contribution in [2.24, 2.45) is 11.7 Å². The summed E-state index contributed by atoms with van der Waals surface area (Å²) in [6, 6.07) is 6.77. The minimum atomic E-state index is -1.06. The number of rotatable bonds is 14. The topological polar surface area (TPSA) is 202 Å². The van der Waals surface area contributed by atoms with Crippen LogP contribution in [0.2, 0.25) is 0 Å².